The van der Waals surface area contributed by atoms with Crippen molar-refractivity contribution in [1.29, 1.82) is 0 Å². The van der Waals surface area contributed by atoms with Crippen LogP contribution in [-0.4, -0.2) is 45.6 Å². The summed E-state index contributed by atoms with van der Waals surface area (Å²) in [5, 5.41) is 18.4. The fraction of sp³-hybridized carbons (Fsp3) is 0.231. The molecule has 0 radical (unpaired) electrons. The smallest absolute Gasteiger partial charge is 0.266 e. The summed E-state index contributed by atoms with van der Waals surface area (Å²) in [6.45, 7) is 0.0632. The number of rotatable bonds is 4. The summed E-state index contributed by atoms with van der Waals surface area (Å²) >= 11 is 6.29. The van der Waals surface area contributed by atoms with Crippen LogP contribution in [0.1, 0.15) is 5.56 Å². The molecule has 0 aromatic heterocycles. The maximum atomic E-state index is 12.1. The van der Waals surface area contributed by atoms with Gasteiger partial charge in [0.25, 0.3) is 5.91 Å². The Hall–Kier alpha value is -1.57. The second-order valence-electron chi connectivity index (χ2n) is 3.99. The monoisotopic (exact) mass is 311 g/mol. The Morgan fingerprint density at radius 1 is 1.50 bits per heavy atom. The second kappa shape index (κ2) is 6.25. The molecular weight excluding hydrogens is 298 g/mol. The van der Waals surface area contributed by atoms with E-state index in [0.29, 0.717) is 15.0 Å². The number of aliphatic hydroxyl groups excluding tert-OH is 1. The van der Waals surface area contributed by atoms with Crippen molar-refractivity contribution in [2.75, 3.05) is 20.3 Å². The number of carbonyl (C=O) groups excluding carboxylic acids is 1. The van der Waals surface area contributed by atoms with Gasteiger partial charge in [-0.05, 0) is 23.8 Å². The average Bonchev–Trinajstić information content (AvgIpc) is 2.69. The predicted molar refractivity (Wildman–Crippen MR) is 81.6 cm³/mol. The first-order valence-electron chi connectivity index (χ1n) is 5.80. The highest BCUT2D eigenvalue weighted by atomic mass is 32.2. The lowest BCUT2D eigenvalue weighted by molar-refractivity contribution is -0.122. The molecule has 0 unspecified atom stereocenters. The van der Waals surface area contributed by atoms with Gasteiger partial charge in [0.1, 0.15) is 4.32 Å². The van der Waals surface area contributed by atoms with Gasteiger partial charge in [-0.2, -0.15) is 0 Å². The van der Waals surface area contributed by atoms with E-state index in [4.69, 9.17) is 22.1 Å². The van der Waals surface area contributed by atoms with Gasteiger partial charge in [0.2, 0.25) is 0 Å². The summed E-state index contributed by atoms with van der Waals surface area (Å²) in [5.41, 5.74) is 0.726. The number of β-amino-alcohol motifs (C(OH)–C–C–N with tert-alkyl or cyclic N) is 1. The number of hydrogen-bond acceptors (Lipinski definition) is 6. The molecule has 5 nitrogen and oxygen atoms in total. The van der Waals surface area contributed by atoms with Crippen molar-refractivity contribution < 1.29 is 19.7 Å². The highest BCUT2D eigenvalue weighted by molar-refractivity contribution is 8.26. The van der Waals surface area contributed by atoms with Crippen molar-refractivity contribution in [3.63, 3.8) is 0 Å². The zero-order chi connectivity index (χ0) is 14.7. The number of hydrogen-bond donors (Lipinski definition) is 2. The number of thioether (sulfide) groups is 1. The van der Waals surface area contributed by atoms with Crippen LogP contribution in [0.15, 0.2) is 23.1 Å². The van der Waals surface area contributed by atoms with Crippen LogP contribution in [0.5, 0.6) is 11.5 Å². The molecule has 2 N–H and O–H groups in total. The molecule has 1 fully saturated rings. The third-order valence-corrected chi connectivity index (χ3v) is 4.08. The molecule has 0 bridgehead atoms. The van der Waals surface area contributed by atoms with Crippen molar-refractivity contribution in [1.82, 2.24) is 4.90 Å². The minimum absolute atomic E-state index is 0.0393. The topological polar surface area (TPSA) is 70.0 Å². The molecule has 7 heteroatoms. The largest absolute Gasteiger partial charge is 0.504 e. The van der Waals surface area contributed by atoms with E-state index in [-0.39, 0.29) is 24.8 Å². The Labute approximate surface area is 125 Å². The fourth-order valence-electron chi connectivity index (χ4n) is 1.73. The number of aromatic hydroxyl groups is 1. The van der Waals surface area contributed by atoms with Crippen molar-refractivity contribution in [3.05, 3.63) is 28.7 Å². The van der Waals surface area contributed by atoms with Gasteiger partial charge in [0.15, 0.2) is 11.5 Å². The van der Waals surface area contributed by atoms with Gasteiger partial charge < -0.3 is 14.9 Å². The molecule has 0 atom stereocenters. The molecule has 2 rings (SSSR count). The lowest BCUT2D eigenvalue weighted by Crippen LogP contribution is -2.30. The van der Waals surface area contributed by atoms with Crippen LogP contribution < -0.4 is 4.74 Å². The summed E-state index contributed by atoms with van der Waals surface area (Å²) in [4.78, 5) is 13.9. The number of amides is 1. The van der Waals surface area contributed by atoms with Crippen LogP contribution in [0, 0.1) is 0 Å². The van der Waals surface area contributed by atoms with Gasteiger partial charge in [-0.1, -0.05) is 30.0 Å². The molecular formula is C13H13NO4S2. The van der Waals surface area contributed by atoms with Crippen molar-refractivity contribution in [2.45, 2.75) is 0 Å². The predicted octanol–water partition coefficient (Wildman–Crippen LogP) is 1.59. The first kappa shape index (κ1) is 14.8. The maximum absolute atomic E-state index is 12.1. The van der Waals surface area contributed by atoms with Crippen molar-refractivity contribution in [3.8, 4) is 11.5 Å². The van der Waals surface area contributed by atoms with E-state index in [2.05, 4.69) is 0 Å². The summed E-state index contributed by atoms with van der Waals surface area (Å²) in [5.74, 6) is 0.156. The Bertz CT molecular complexity index is 586. The maximum Gasteiger partial charge on any atom is 0.266 e. The lowest BCUT2D eigenvalue weighted by atomic mass is 10.2. The van der Waals surface area contributed by atoms with Crippen LogP contribution >= 0.6 is 24.0 Å². The van der Waals surface area contributed by atoms with E-state index in [1.165, 1.54) is 29.8 Å². The van der Waals surface area contributed by atoms with Crippen molar-refractivity contribution in [2.24, 2.45) is 0 Å². The highest BCUT2D eigenvalue weighted by Crippen LogP contribution is 2.34. The highest BCUT2D eigenvalue weighted by Gasteiger charge is 2.31. The zero-order valence-electron chi connectivity index (χ0n) is 10.7. The van der Waals surface area contributed by atoms with Gasteiger partial charge in [-0.25, -0.2) is 0 Å². The number of aliphatic hydroxyl groups is 1. The van der Waals surface area contributed by atoms with E-state index < -0.39 is 0 Å². The summed E-state index contributed by atoms with van der Waals surface area (Å²) < 4.78 is 5.45. The molecule has 0 aliphatic carbocycles. The van der Waals surface area contributed by atoms with Crippen molar-refractivity contribution >= 4 is 40.3 Å². The quantitative estimate of drug-likeness (QED) is 0.650. The van der Waals surface area contributed by atoms with E-state index in [1.54, 1.807) is 18.2 Å². The van der Waals surface area contributed by atoms with Crippen LogP contribution in [0.2, 0.25) is 0 Å². The Morgan fingerprint density at radius 2 is 2.25 bits per heavy atom. The van der Waals surface area contributed by atoms with Crippen LogP contribution in [0.3, 0.4) is 0 Å². The second-order valence-corrected chi connectivity index (χ2v) is 5.66. The number of carbonyl (C=O) groups is 1. The lowest BCUT2D eigenvalue weighted by Gasteiger charge is -2.11. The molecule has 20 heavy (non-hydrogen) atoms. The van der Waals surface area contributed by atoms with E-state index in [0.717, 1.165) is 5.56 Å². The third kappa shape index (κ3) is 2.95. The number of nitrogens with zero attached hydrogens (tertiary/aromatic N) is 1. The summed E-state index contributed by atoms with van der Waals surface area (Å²) in [7, 11) is 1.46. The number of methoxy groups -OCH3 is 1. The molecule has 1 aliphatic heterocycles. The summed E-state index contributed by atoms with van der Waals surface area (Å²) in [6, 6.07) is 4.81. The number of ether oxygens (including phenoxy) is 1. The third-order valence-electron chi connectivity index (χ3n) is 2.70. The van der Waals surface area contributed by atoms with Gasteiger partial charge in [0, 0.05) is 0 Å². The number of phenolic OH excluding ortho intramolecular Hbond substituents is 1. The number of thiocarbonyl (C=S) groups is 1. The van der Waals surface area contributed by atoms with E-state index in [9.17, 15) is 9.90 Å². The minimum atomic E-state index is -0.221. The first-order valence-corrected chi connectivity index (χ1v) is 7.02. The molecule has 1 heterocycles. The van der Waals surface area contributed by atoms with Crippen LogP contribution in [-0.2, 0) is 4.79 Å². The minimum Gasteiger partial charge on any atom is -0.504 e. The van der Waals surface area contributed by atoms with E-state index >= 15 is 0 Å². The molecule has 1 aromatic carbocycles. The molecule has 1 saturated heterocycles. The Morgan fingerprint density at radius 3 is 2.90 bits per heavy atom. The standard InChI is InChI=1S/C13H13NO4S2/c1-18-10-6-8(2-3-9(10)16)7-11-12(17)14(4-5-15)13(19)20-11/h2-3,6-7,15-16H,4-5H2,1H3. The SMILES string of the molecule is COc1cc(C=C2SC(=S)N(CCO)C2=O)ccc1O. The van der Waals surface area contributed by atoms with Gasteiger partial charge in [-0.3, -0.25) is 9.69 Å². The molecule has 1 aliphatic rings. The molecule has 106 valence electrons. The van der Waals surface area contributed by atoms with Crippen LogP contribution in [0.25, 0.3) is 6.08 Å². The molecule has 0 spiro atoms. The fourth-order valence-corrected chi connectivity index (χ4v) is 3.04. The Kier molecular flexibility index (Phi) is 4.64. The Balaban J connectivity index is 2.28. The van der Waals surface area contributed by atoms with E-state index in [1.807, 2.05) is 0 Å². The molecule has 1 aromatic rings. The zero-order valence-corrected chi connectivity index (χ0v) is 12.3. The van der Waals surface area contributed by atoms with Gasteiger partial charge in [-0.15, -0.1) is 0 Å². The summed E-state index contributed by atoms with van der Waals surface area (Å²) in [6.07, 6.45) is 1.68. The van der Waals surface area contributed by atoms with Gasteiger partial charge in [0.05, 0.1) is 25.2 Å². The number of benzene rings is 1. The average molecular weight is 311 g/mol. The van der Waals surface area contributed by atoms with Crippen LogP contribution in [0.4, 0.5) is 0 Å². The molecule has 1 amide bonds. The number of phenols is 1. The first-order chi connectivity index (χ1) is 9.56. The van der Waals surface area contributed by atoms with Gasteiger partial charge >= 0.3 is 0 Å². The normalized spacial score (nSPS) is 17.1. The molecule has 0 saturated carbocycles.